The molecule has 6 heteroatoms. The van der Waals surface area contributed by atoms with E-state index in [1.807, 2.05) is 16.9 Å². The first-order valence-corrected chi connectivity index (χ1v) is 18.7. The number of pyridine rings is 1. The Morgan fingerprint density at radius 3 is 2.25 bits per heavy atom. The van der Waals surface area contributed by atoms with E-state index in [9.17, 15) is 0 Å². The van der Waals surface area contributed by atoms with E-state index in [0.29, 0.717) is 11.5 Å². The van der Waals surface area contributed by atoms with Crippen molar-refractivity contribution in [2.75, 3.05) is 0 Å². The van der Waals surface area contributed by atoms with Crippen LogP contribution in [-0.2, 0) is 32.9 Å². The summed E-state index contributed by atoms with van der Waals surface area (Å²) in [6.07, 6.45) is 5.26. The van der Waals surface area contributed by atoms with E-state index in [-0.39, 0.29) is 32.4 Å². The number of fused-ring (bicyclic) bond motifs is 3. The Morgan fingerprint density at radius 2 is 1.55 bits per heavy atom. The maximum Gasteiger partial charge on any atom is 2.00 e. The predicted molar refractivity (Wildman–Crippen MR) is 216 cm³/mol. The number of unbranched alkanes of at least 4 members (excludes halogenated alkanes) is 1. The second-order valence-electron chi connectivity index (χ2n) is 15.7. The smallest absolute Gasteiger partial charge is 0.509 e. The Hall–Kier alpha value is -4.47. The zero-order valence-corrected chi connectivity index (χ0v) is 35.0. The third kappa shape index (κ3) is 7.38. The third-order valence-electron chi connectivity index (χ3n) is 10.3. The number of rotatable bonds is 9. The Balaban J connectivity index is 0.00000481. The standard InChI is InChI=1S/C47H50N4O.Pt/c1-11-12-15-34-20-21-48-44(24-34)50-42-17-14-13-16-40(42)41-19-18-38(28-43(41)50)52-39-26-35(29(2)3)25-37(27-39)51-33(7)46(32(6)49-51)45-30(4)22-36(23-31(45)5)47(8,9)10;/h13-14,16-26,29H,11-12,15H2,1-10H3;/q-2;+2. The van der Waals surface area contributed by atoms with Crippen molar-refractivity contribution in [3.05, 3.63) is 130 Å². The number of aryl methyl sites for hydroxylation is 4. The molecule has 274 valence electrons. The largest absolute Gasteiger partial charge is 2.00 e. The maximum atomic E-state index is 6.66. The number of nitrogens with zero attached hydrogens (tertiary/aromatic N) is 4. The first kappa shape index (κ1) is 38.3. The minimum Gasteiger partial charge on any atom is -0.509 e. The first-order valence-electron chi connectivity index (χ1n) is 18.7. The van der Waals surface area contributed by atoms with Gasteiger partial charge in [-0.25, -0.2) is 4.98 Å². The van der Waals surface area contributed by atoms with Crippen LogP contribution in [-0.4, -0.2) is 19.3 Å². The monoisotopic (exact) mass is 881 g/mol. The van der Waals surface area contributed by atoms with Gasteiger partial charge in [0.2, 0.25) is 0 Å². The molecule has 0 atom stereocenters. The molecule has 0 unspecified atom stereocenters. The average molecular weight is 882 g/mol. The van der Waals surface area contributed by atoms with Gasteiger partial charge in [0.25, 0.3) is 0 Å². The fraction of sp³-hybridized carbons (Fsp3) is 0.319. The molecule has 0 spiro atoms. The molecular weight excluding hydrogens is 832 g/mol. The van der Waals surface area contributed by atoms with Crippen molar-refractivity contribution in [3.63, 3.8) is 0 Å². The molecule has 0 saturated carbocycles. The van der Waals surface area contributed by atoms with Gasteiger partial charge < -0.3 is 9.30 Å². The molecule has 0 amide bonds. The van der Waals surface area contributed by atoms with Crippen molar-refractivity contribution in [3.8, 4) is 34.1 Å². The number of benzene rings is 4. The normalized spacial score (nSPS) is 11.8. The molecule has 0 aliphatic heterocycles. The van der Waals surface area contributed by atoms with Gasteiger partial charge in [0.15, 0.2) is 0 Å². The molecule has 4 aromatic carbocycles. The molecule has 0 bridgehead atoms. The van der Waals surface area contributed by atoms with Crippen LogP contribution in [0.4, 0.5) is 0 Å². The van der Waals surface area contributed by atoms with Crippen LogP contribution in [0.3, 0.4) is 0 Å². The summed E-state index contributed by atoms with van der Waals surface area (Å²) in [7, 11) is 0. The van der Waals surface area contributed by atoms with Crippen LogP contribution in [0, 0.1) is 39.8 Å². The topological polar surface area (TPSA) is 44.9 Å². The van der Waals surface area contributed by atoms with E-state index in [1.165, 1.54) is 33.4 Å². The summed E-state index contributed by atoms with van der Waals surface area (Å²) < 4.78 is 10.9. The molecule has 3 heterocycles. The van der Waals surface area contributed by atoms with E-state index in [4.69, 9.17) is 14.8 Å². The van der Waals surface area contributed by atoms with E-state index >= 15 is 0 Å². The molecule has 0 radical (unpaired) electrons. The summed E-state index contributed by atoms with van der Waals surface area (Å²) in [5, 5.41) is 7.38. The maximum absolute atomic E-state index is 6.66. The molecule has 53 heavy (non-hydrogen) atoms. The molecule has 0 saturated heterocycles. The van der Waals surface area contributed by atoms with Crippen molar-refractivity contribution >= 4 is 21.8 Å². The molecule has 7 rings (SSSR count). The Kier molecular flexibility index (Phi) is 10.9. The summed E-state index contributed by atoms with van der Waals surface area (Å²) in [5.41, 5.74) is 13.8. The van der Waals surface area contributed by atoms with E-state index in [0.717, 1.165) is 69.5 Å². The average Bonchev–Trinajstić information content (AvgIpc) is 3.59. The quantitative estimate of drug-likeness (QED) is 0.136. The predicted octanol–water partition coefficient (Wildman–Crippen LogP) is 12.4. The van der Waals surface area contributed by atoms with E-state index < -0.39 is 0 Å². The van der Waals surface area contributed by atoms with Crippen molar-refractivity contribution < 1.29 is 25.8 Å². The fourth-order valence-corrected chi connectivity index (χ4v) is 7.49. The van der Waals surface area contributed by atoms with Crippen LogP contribution >= 0.6 is 0 Å². The van der Waals surface area contributed by atoms with Gasteiger partial charge in [0, 0.05) is 34.5 Å². The van der Waals surface area contributed by atoms with Gasteiger partial charge in [-0.05, 0) is 109 Å². The van der Waals surface area contributed by atoms with Gasteiger partial charge in [-0.3, -0.25) is 4.68 Å². The van der Waals surface area contributed by atoms with Gasteiger partial charge >= 0.3 is 21.1 Å². The SMILES string of the molecule is CCCCc1ccnc(-n2c3[c-]c(Oc4[c-]c(-n5nc(C)c(-c6c(C)cc(C(C)(C)C)cc6C)c5C)cc(C(C)C)c4)ccc3c3ccccc32)c1.[Pt+2]. The molecule has 0 N–H and O–H groups in total. The molecule has 7 aromatic rings. The van der Waals surface area contributed by atoms with Gasteiger partial charge in [-0.15, -0.1) is 41.3 Å². The summed E-state index contributed by atoms with van der Waals surface area (Å²) >= 11 is 0. The van der Waals surface area contributed by atoms with Crippen LogP contribution in [0.1, 0.15) is 99.5 Å². The number of ether oxygens (including phenoxy) is 1. The molecule has 0 fully saturated rings. The van der Waals surface area contributed by atoms with E-state index in [2.05, 4.69) is 153 Å². The van der Waals surface area contributed by atoms with Gasteiger partial charge in [-0.1, -0.05) is 83.8 Å². The number of para-hydroxylation sites is 1. The number of hydrogen-bond donors (Lipinski definition) is 0. The van der Waals surface area contributed by atoms with Crippen LogP contribution in [0.25, 0.3) is 44.4 Å². The summed E-state index contributed by atoms with van der Waals surface area (Å²) in [6, 6.07) is 33.1. The molecule has 5 nitrogen and oxygen atoms in total. The third-order valence-corrected chi connectivity index (χ3v) is 10.3. The Labute approximate surface area is 329 Å². The summed E-state index contributed by atoms with van der Waals surface area (Å²) in [5.74, 6) is 2.43. The second kappa shape index (κ2) is 15.1. The van der Waals surface area contributed by atoms with Gasteiger partial charge in [0.05, 0.1) is 5.69 Å². The van der Waals surface area contributed by atoms with Crippen LogP contribution in [0.15, 0.2) is 79.0 Å². The number of aromatic nitrogens is 4. The zero-order chi connectivity index (χ0) is 36.9. The summed E-state index contributed by atoms with van der Waals surface area (Å²) in [6.45, 7) is 22.2. The minimum atomic E-state index is 0. The first-order chi connectivity index (χ1) is 24.8. The van der Waals surface area contributed by atoms with Crippen molar-refractivity contribution in [2.24, 2.45) is 0 Å². The van der Waals surface area contributed by atoms with Crippen molar-refractivity contribution in [1.82, 2.24) is 19.3 Å². The second-order valence-corrected chi connectivity index (χ2v) is 15.7. The molecule has 3 aromatic heterocycles. The fourth-order valence-electron chi connectivity index (χ4n) is 7.49. The van der Waals surface area contributed by atoms with E-state index in [1.54, 1.807) is 0 Å². The van der Waals surface area contributed by atoms with Crippen LogP contribution in [0.5, 0.6) is 11.5 Å². The van der Waals surface area contributed by atoms with Crippen molar-refractivity contribution in [1.29, 1.82) is 0 Å². The van der Waals surface area contributed by atoms with Crippen molar-refractivity contribution in [2.45, 2.75) is 99.8 Å². The van der Waals surface area contributed by atoms with Gasteiger partial charge in [-0.2, -0.15) is 11.2 Å². The minimum absolute atomic E-state index is 0. The molecular formula is C47H50N4OPt. The zero-order valence-electron chi connectivity index (χ0n) is 32.7. The summed E-state index contributed by atoms with van der Waals surface area (Å²) in [4.78, 5) is 4.83. The van der Waals surface area contributed by atoms with Crippen LogP contribution < -0.4 is 4.74 Å². The molecule has 0 aliphatic rings. The van der Waals surface area contributed by atoms with Crippen LogP contribution in [0.2, 0.25) is 0 Å². The van der Waals surface area contributed by atoms with Gasteiger partial charge in [0.1, 0.15) is 5.82 Å². The number of hydrogen-bond acceptors (Lipinski definition) is 3. The Bertz CT molecular complexity index is 2420. The molecule has 0 aliphatic carbocycles. The Morgan fingerprint density at radius 1 is 0.811 bits per heavy atom.